The molecule has 0 unspecified atom stereocenters. The maximum Gasteiger partial charge on any atom is 0.271 e. The Hall–Kier alpha value is -2.94. The second kappa shape index (κ2) is 8.60. The molecule has 0 saturated heterocycles. The van der Waals surface area contributed by atoms with E-state index in [4.69, 9.17) is 0 Å². The summed E-state index contributed by atoms with van der Waals surface area (Å²) in [6, 6.07) is 8.48. The number of carbonyl (C=O) groups excluding carboxylic acids is 1. The Morgan fingerprint density at radius 3 is 2.31 bits per heavy atom. The van der Waals surface area contributed by atoms with Crippen molar-refractivity contribution in [3.63, 3.8) is 0 Å². The van der Waals surface area contributed by atoms with Crippen molar-refractivity contribution in [2.45, 2.75) is 40.2 Å². The van der Waals surface area contributed by atoms with Crippen molar-refractivity contribution in [3.8, 4) is 0 Å². The molecule has 8 nitrogen and oxygen atoms in total. The number of nitro benzene ring substituents is 1. The Morgan fingerprint density at radius 1 is 1.14 bits per heavy atom. The van der Waals surface area contributed by atoms with Gasteiger partial charge in [-0.15, -0.1) is 0 Å². The zero-order valence-corrected chi connectivity index (χ0v) is 17.9. The lowest BCUT2D eigenvalue weighted by molar-refractivity contribution is -0.384. The van der Waals surface area contributed by atoms with Crippen LogP contribution in [0.3, 0.4) is 0 Å². The highest BCUT2D eigenvalue weighted by Gasteiger charge is 2.33. The Kier molecular flexibility index (Phi) is 6.63. The summed E-state index contributed by atoms with van der Waals surface area (Å²) < 4.78 is 26.2. The van der Waals surface area contributed by atoms with Crippen LogP contribution in [0.5, 0.6) is 0 Å². The van der Waals surface area contributed by atoms with Gasteiger partial charge in [-0.3, -0.25) is 19.2 Å². The van der Waals surface area contributed by atoms with Crippen LogP contribution in [0.2, 0.25) is 0 Å². The summed E-state index contributed by atoms with van der Waals surface area (Å²) in [6.07, 6.45) is 1.17. The maximum absolute atomic E-state index is 13.0. The number of rotatable bonds is 7. The maximum atomic E-state index is 13.0. The first-order chi connectivity index (χ1) is 13.5. The average molecular weight is 420 g/mol. The molecule has 0 fully saturated rings. The van der Waals surface area contributed by atoms with Gasteiger partial charge in [-0.1, -0.05) is 25.1 Å². The Bertz CT molecular complexity index is 1050. The summed E-state index contributed by atoms with van der Waals surface area (Å²) in [5.74, 6) is -0.502. The fourth-order valence-corrected chi connectivity index (χ4v) is 4.33. The molecule has 0 aromatic heterocycles. The molecule has 2 rings (SSSR count). The van der Waals surface area contributed by atoms with Gasteiger partial charge in [0.25, 0.3) is 5.69 Å². The number of nitrogens with one attached hydrogen (secondary N) is 1. The van der Waals surface area contributed by atoms with Crippen LogP contribution < -0.4 is 9.62 Å². The number of benzene rings is 2. The minimum atomic E-state index is -3.90. The molecule has 0 heterocycles. The third kappa shape index (κ3) is 5.11. The minimum Gasteiger partial charge on any atom is -0.324 e. The molecule has 0 aliphatic rings. The Labute approximate surface area is 170 Å². The van der Waals surface area contributed by atoms with Crippen molar-refractivity contribution in [2.75, 3.05) is 15.9 Å². The second-order valence-corrected chi connectivity index (χ2v) is 8.88. The molecule has 0 bridgehead atoms. The zero-order valence-electron chi connectivity index (χ0n) is 17.1. The molecule has 0 aliphatic carbocycles. The fourth-order valence-electron chi connectivity index (χ4n) is 3.07. The Balaban J connectivity index is 2.53. The van der Waals surface area contributed by atoms with Crippen LogP contribution >= 0.6 is 0 Å². The van der Waals surface area contributed by atoms with E-state index in [1.165, 1.54) is 18.2 Å². The molecule has 2 aromatic rings. The largest absolute Gasteiger partial charge is 0.324 e. The van der Waals surface area contributed by atoms with E-state index in [0.717, 1.165) is 21.7 Å². The SMILES string of the molecule is CC[C@@H](C(=O)Nc1cc(C)ccc1C)N(c1cc([N+](=O)[O-])ccc1C)S(C)(=O)=O. The van der Waals surface area contributed by atoms with E-state index in [0.29, 0.717) is 11.3 Å². The zero-order chi connectivity index (χ0) is 21.9. The number of amides is 1. The first-order valence-electron chi connectivity index (χ1n) is 9.08. The summed E-state index contributed by atoms with van der Waals surface area (Å²) in [5.41, 5.74) is 2.77. The van der Waals surface area contributed by atoms with Gasteiger partial charge in [0.2, 0.25) is 15.9 Å². The molecule has 29 heavy (non-hydrogen) atoms. The van der Waals surface area contributed by atoms with Gasteiger partial charge in [-0.05, 0) is 49.9 Å². The predicted octanol–water partition coefficient (Wildman–Crippen LogP) is 3.70. The highest BCUT2D eigenvalue weighted by Crippen LogP contribution is 2.30. The number of hydrogen-bond donors (Lipinski definition) is 1. The number of carbonyl (C=O) groups is 1. The van der Waals surface area contributed by atoms with Gasteiger partial charge in [0.15, 0.2) is 0 Å². The van der Waals surface area contributed by atoms with Crippen molar-refractivity contribution in [1.82, 2.24) is 0 Å². The van der Waals surface area contributed by atoms with Crippen molar-refractivity contribution >= 4 is 33.0 Å². The van der Waals surface area contributed by atoms with Crippen molar-refractivity contribution < 1.29 is 18.1 Å². The van der Waals surface area contributed by atoms with E-state index in [-0.39, 0.29) is 17.8 Å². The summed E-state index contributed by atoms with van der Waals surface area (Å²) >= 11 is 0. The highest BCUT2D eigenvalue weighted by atomic mass is 32.2. The average Bonchev–Trinajstić information content (AvgIpc) is 2.62. The number of aryl methyl sites for hydroxylation is 3. The molecular weight excluding hydrogens is 394 g/mol. The lowest BCUT2D eigenvalue weighted by atomic mass is 10.1. The van der Waals surface area contributed by atoms with Crippen LogP contribution in [0.25, 0.3) is 0 Å². The number of nitrogens with zero attached hydrogens (tertiary/aromatic N) is 2. The van der Waals surface area contributed by atoms with Crippen LogP contribution in [-0.2, 0) is 14.8 Å². The third-order valence-electron chi connectivity index (χ3n) is 4.62. The summed E-state index contributed by atoms with van der Waals surface area (Å²) in [6.45, 7) is 7.07. The highest BCUT2D eigenvalue weighted by molar-refractivity contribution is 7.92. The van der Waals surface area contributed by atoms with E-state index in [1.54, 1.807) is 13.8 Å². The van der Waals surface area contributed by atoms with Crippen molar-refractivity contribution in [1.29, 1.82) is 0 Å². The molecule has 0 spiro atoms. The number of sulfonamides is 1. The van der Waals surface area contributed by atoms with Gasteiger partial charge in [0.05, 0.1) is 16.9 Å². The van der Waals surface area contributed by atoms with E-state index in [9.17, 15) is 23.3 Å². The minimum absolute atomic E-state index is 0.115. The number of nitro groups is 1. The smallest absolute Gasteiger partial charge is 0.271 e. The number of hydrogen-bond acceptors (Lipinski definition) is 5. The summed E-state index contributed by atoms with van der Waals surface area (Å²) in [5, 5.41) is 14.0. The third-order valence-corrected chi connectivity index (χ3v) is 5.79. The van der Waals surface area contributed by atoms with Crippen molar-refractivity contribution in [3.05, 3.63) is 63.2 Å². The topological polar surface area (TPSA) is 110 Å². The van der Waals surface area contributed by atoms with Gasteiger partial charge in [-0.25, -0.2) is 8.42 Å². The quantitative estimate of drug-likeness (QED) is 0.543. The fraction of sp³-hybridized carbons (Fsp3) is 0.350. The van der Waals surface area contributed by atoms with Crippen LogP contribution in [0, 0.1) is 30.9 Å². The molecule has 1 atom stereocenters. The molecule has 156 valence electrons. The molecule has 9 heteroatoms. The second-order valence-electron chi connectivity index (χ2n) is 7.02. The first kappa shape index (κ1) is 22.4. The van der Waals surface area contributed by atoms with Crippen LogP contribution in [-0.4, -0.2) is 31.5 Å². The first-order valence-corrected chi connectivity index (χ1v) is 10.9. The van der Waals surface area contributed by atoms with Gasteiger partial charge in [0, 0.05) is 17.8 Å². The van der Waals surface area contributed by atoms with Gasteiger partial charge in [0.1, 0.15) is 6.04 Å². The van der Waals surface area contributed by atoms with Crippen LogP contribution in [0.15, 0.2) is 36.4 Å². The standard InChI is InChI=1S/C20H25N3O5S/c1-6-18(20(24)21-17-11-13(2)7-8-14(17)3)22(29(5,27)28)19-12-16(23(25)26)10-9-15(19)4/h7-12,18H,6H2,1-5H3,(H,21,24)/t18-/m0/s1. The van der Waals surface area contributed by atoms with Gasteiger partial charge >= 0.3 is 0 Å². The normalized spacial score (nSPS) is 12.3. The lowest BCUT2D eigenvalue weighted by Gasteiger charge is -2.31. The van der Waals surface area contributed by atoms with E-state index in [1.807, 2.05) is 32.0 Å². The molecule has 0 radical (unpaired) electrons. The molecule has 1 amide bonds. The molecule has 2 aromatic carbocycles. The van der Waals surface area contributed by atoms with Gasteiger partial charge in [-0.2, -0.15) is 0 Å². The molecule has 0 saturated carbocycles. The number of non-ortho nitro benzene ring substituents is 1. The number of anilines is 2. The Morgan fingerprint density at radius 2 is 1.76 bits per heavy atom. The van der Waals surface area contributed by atoms with E-state index >= 15 is 0 Å². The molecule has 1 N–H and O–H groups in total. The predicted molar refractivity (Wildman–Crippen MR) is 114 cm³/mol. The summed E-state index contributed by atoms with van der Waals surface area (Å²) in [4.78, 5) is 23.6. The molecular formula is C20H25N3O5S. The van der Waals surface area contributed by atoms with E-state index < -0.39 is 26.9 Å². The summed E-state index contributed by atoms with van der Waals surface area (Å²) in [7, 11) is -3.90. The monoisotopic (exact) mass is 419 g/mol. The van der Waals surface area contributed by atoms with E-state index in [2.05, 4.69) is 5.32 Å². The lowest BCUT2D eigenvalue weighted by Crippen LogP contribution is -2.47. The van der Waals surface area contributed by atoms with Crippen LogP contribution in [0.1, 0.15) is 30.0 Å². The van der Waals surface area contributed by atoms with Crippen molar-refractivity contribution in [2.24, 2.45) is 0 Å². The molecule has 0 aliphatic heterocycles. The van der Waals surface area contributed by atoms with Gasteiger partial charge < -0.3 is 5.32 Å². The van der Waals surface area contributed by atoms with Crippen LogP contribution in [0.4, 0.5) is 17.1 Å².